The van der Waals surface area contributed by atoms with Crippen molar-refractivity contribution in [3.63, 3.8) is 0 Å². The monoisotopic (exact) mass is 217 g/mol. The summed E-state index contributed by atoms with van der Waals surface area (Å²) in [5.74, 6) is 0.810. The molecule has 1 aromatic rings. The molecule has 0 radical (unpaired) electrons. The lowest BCUT2D eigenvalue weighted by Crippen LogP contribution is -2.28. The van der Waals surface area contributed by atoms with Gasteiger partial charge in [-0.3, -0.25) is 0 Å². The number of nitrogens with two attached hydrogens (primary N) is 1. The molecule has 0 spiro atoms. The summed E-state index contributed by atoms with van der Waals surface area (Å²) >= 11 is 0. The lowest BCUT2D eigenvalue weighted by molar-refractivity contribution is 0.321. The van der Waals surface area contributed by atoms with Crippen LogP contribution in [0.2, 0.25) is 0 Å². The molecule has 1 saturated carbocycles. The number of rotatable bonds is 2. The second-order valence-electron chi connectivity index (χ2n) is 5.49. The van der Waals surface area contributed by atoms with Crippen molar-refractivity contribution in [1.29, 1.82) is 0 Å². The lowest BCUT2D eigenvalue weighted by atomic mass is 9.82. The van der Waals surface area contributed by atoms with Gasteiger partial charge >= 0.3 is 0 Å². The predicted octanol–water partition coefficient (Wildman–Crippen LogP) is 3.36. The Morgan fingerprint density at radius 1 is 1.12 bits per heavy atom. The van der Waals surface area contributed by atoms with Gasteiger partial charge in [0.25, 0.3) is 0 Å². The van der Waals surface area contributed by atoms with E-state index in [0.717, 1.165) is 5.92 Å². The summed E-state index contributed by atoms with van der Waals surface area (Å²) in [6, 6.07) is 7.35. The van der Waals surface area contributed by atoms with E-state index in [1.807, 2.05) is 0 Å². The van der Waals surface area contributed by atoms with E-state index in [1.165, 1.54) is 48.8 Å². The van der Waals surface area contributed by atoms with Crippen molar-refractivity contribution < 1.29 is 0 Å². The fourth-order valence-corrected chi connectivity index (χ4v) is 3.04. The molecule has 1 aliphatic rings. The SMILES string of the molecule is Cc1cc(C)cc(CC2CCCC(N)C2)c1. The molecule has 2 atom stereocenters. The minimum absolute atomic E-state index is 0.449. The lowest BCUT2D eigenvalue weighted by Gasteiger charge is -2.26. The van der Waals surface area contributed by atoms with Gasteiger partial charge < -0.3 is 5.73 Å². The van der Waals surface area contributed by atoms with E-state index in [4.69, 9.17) is 5.73 Å². The van der Waals surface area contributed by atoms with Crippen LogP contribution in [0.25, 0.3) is 0 Å². The summed E-state index contributed by atoms with van der Waals surface area (Å²) in [6.45, 7) is 4.37. The molecule has 16 heavy (non-hydrogen) atoms. The molecule has 0 aromatic heterocycles. The molecule has 2 N–H and O–H groups in total. The Morgan fingerprint density at radius 3 is 2.44 bits per heavy atom. The molecule has 2 unspecified atom stereocenters. The first kappa shape index (κ1) is 11.7. The van der Waals surface area contributed by atoms with E-state index in [-0.39, 0.29) is 0 Å². The Morgan fingerprint density at radius 2 is 1.81 bits per heavy atom. The van der Waals surface area contributed by atoms with Crippen LogP contribution in [0.5, 0.6) is 0 Å². The quantitative estimate of drug-likeness (QED) is 0.807. The topological polar surface area (TPSA) is 26.0 Å². The summed E-state index contributed by atoms with van der Waals surface area (Å²) in [5, 5.41) is 0. The Kier molecular flexibility index (Phi) is 3.65. The van der Waals surface area contributed by atoms with E-state index >= 15 is 0 Å². The molecule has 1 aromatic carbocycles. The maximum absolute atomic E-state index is 6.04. The fourth-order valence-electron chi connectivity index (χ4n) is 3.04. The molecule has 0 amide bonds. The maximum atomic E-state index is 6.04. The summed E-state index contributed by atoms with van der Waals surface area (Å²) < 4.78 is 0. The first-order valence-corrected chi connectivity index (χ1v) is 6.46. The van der Waals surface area contributed by atoms with E-state index in [2.05, 4.69) is 32.0 Å². The Bertz CT molecular complexity index is 336. The van der Waals surface area contributed by atoms with Crippen LogP contribution in [-0.2, 0) is 6.42 Å². The number of hydrogen-bond donors (Lipinski definition) is 1. The van der Waals surface area contributed by atoms with Crippen LogP contribution in [0.1, 0.15) is 42.4 Å². The molecule has 1 heteroatoms. The summed E-state index contributed by atoms with van der Waals surface area (Å²) in [4.78, 5) is 0. The van der Waals surface area contributed by atoms with Gasteiger partial charge in [0.1, 0.15) is 0 Å². The molecule has 0 bridgehead atoms. The zero-order chi connectivity index (χ0) is 11.5. The van der Waals surface area contributed by atoms with Crippen LogP contribution >= 0.6 is 0 Å². The van der Waals surface area contributed by atoms with Crippen LogP contribution in [0.4, 0.5) is 0 Å². The summed E-state index contributed by atoms with van der Waals surface area (Å²) in [5.41, 5.74) is 10.3. The molecule has 0 heterocycles. The molecule has 1 nitrogen and oxygen atoms in total. The fraction of sp³-hybridized carbons (Fsp3) is 0.600. The molecular formula is C15H23N. The van der Waals surface area contributed by atoms with Crippen LogP contribution in [0.3, 0.4) is 0 Å². The van der Waals surface area contributed by atoms with Crippen LogP contribution in [0, 0.1) is 19.8 Å². The Labute approximate surface area is 99.0 Å². The smallest absolute Gasteiger partial charge is 0.00415 e. The summed E-state index contributed by atoms with van der Waals surface area (Å²) in [6.07, 6.45) is 6.34. The number of hydrogen-bond acceptors (Lipinski definition) is 1. The zero-order valence-corrected chi connectivity index (χ0v) is 10.5. The van der Waals surface area contributed by atoms with Crippen molar-refractivity contribution in [3.05, 3.63) is 34.9 Å². The minimum atomic E-state index is 0.449. The van der Waals surface area contributed by atoms with Crippen molar-refractivity contribution in [3.8, 4) is 0 Å². The number of aryl methyl sites for hydroxylation is 2. The second-order valence-corrected chi connectivity index (χ2v) is 5.49. The van der Waals surface area contributed by atoms with E-state index in [1.54, 1.807) is 0 Å². The van der Waals surface area contributed by atoms with Crippen molar-refractivity contribution in [2.24, 2.45) is 11.7 Å². The van der Waals surface area contributed by atoms with Crippen molar-refractivity contribution in [2.75, 3.05) is 0 Å². The molecule has 1 fully saturated rings. The van der Waals surface area contributed by atoms with E-state index in [9.17, 15) is 0 Å². The van der Waals surface area contributed by atoms with Gasteiger partial charge in [0.15, 0.2) is 0 Å². The van der Waals surface area contributed by atoms with Gasteiger partial charge in [-0.15, -0.1) is 0 Å². The van der Waals surface area contributed by atoms with Crippen molar-refractivity contribution >= 4 is 0 Å². The highest BCUT2D eigenvalue weighted by Gasteiger charge is 2.19. The van der Waals surface area contributed by atoms with Crippen LogP contribution in [-0.4, -0.2) is 6.04 Å². The number of benzene rings is 1. The highest BCUT2D eigenvalue weighted by Crippen LogP contribution is 2.26. The van der Waals surface area contributed by atoms with Crippen LogP contribution < -0.4 is 5.73 Å². The van der Waals surface area contributed by atoms with Gasteiger partial charge in [-0.1, -0.05) is 42.2 Å². The highest BCUT2D eigenvalue weighted by atomic mass is 14.6. The molecule has 88 valence electrons. The van der Waals surface area contributed by atoms with Gasteiger partial charge in [0.2, 0.25) is 0 Å². The zero-order valence-electron chi connectivity index (χ0n) is 10.5. The third kappa shape index (κ3) is 3.08. The third-order valence-corrected chi connectivity index (χ3v) is 3.63. The molecule has 0 aliphatic heterocycles. The second kappa shape index (κ2) is 5.01. The van der Waals surface area contributed by atoms with Gasteiger partial charge in [0.05, 0.1) is 0 Å². The molecule has 1 aliphatic carbocycles. The maximum Gasteiger partial charge on any atom is 0.00415 e. The van der Waals surface area contributed by atoms with E-state index in [0.29, 0.717) is 6.04 Å². The average molecular weight is 217 g/mol. The first-order valence-electron chi connectivity index (χ1n) is 6.46. The van der Waals surface area contributed by atoms with Crippen molar-refractivity contribution in [1.82, 2.24) is 0 Å². The molecule has 0 saturated heterocycles. The summed E-state index contributed by atoms with van der Waals surface area (Å²) in [7, 11) is 0. The van der Waals surface area contributed by atoms with Crippen LogP contribution in [0.15, 0.2) is 18.2 Å². The average Bonchev–Trinajstić information content (AvgIpc) is 2.15. The standard InChI is InChI=1S/C15H23N/c1-11-6-12(2)8-14(7-11)9-13-4-3-5-15(16)10-13/h6-8,13,15H,3-5,9-10,16H2,1-2H3. The highest BCUT2D eigenvalue weighted by molar-refractivity contribution is 5.28. The third-order valence-electron chi connectivity index (χ3n) is 3.63. The minimum Gasteiger partial charge on any atom is -0.328 e. The van der Waals surface area contributed by atoms with Gasteiger partial charge in [-0.2, -0.15) is 0 Å². The molecule has 2 rings (SSSR count). The van der Waals surface area contributed by atoms with Crippen molar-refractivity contribution in [2.45, 2.75) is 52.0 Å². The predicted molar refractivity (Wildman–Crippen MR) is 69.6 cm³/mol. The van der Waals surface area contributed by atoms with Gasteiger partial charge in [-0.05, 0) is 44.6 Å². The Balaban J connectivity index is 2.02. The largest absolute Gasteiger partial charge is 0.328 e. The molecular weight excluding hydrogens is 194 g/mol. The van der Waals surface area contributed by atoms with Gasteiger partial charge in [0, 0.05) is 6.04 Å². The Hall–Kier alpha value is -0.820. The first-order chi connectivity index (χ1) is 7.63. The van der Waals surface area contributed by atoms with Gasteiger partial charge in [-0.25, -0.2) is 0 Å². The van der Waals surface area contributed by atoms with E-state index < -0.39 is 0 Å². The normalized spacial score (nSPS) is 25.7.